The first-order valence-electron chi connectivity index (χ1n) is 10.2. The molecule has 2 N–H and O–H groups in total. The summed E-state index contributed by atoms with van der Waals surface area (Å²) in [5, 5.41) is 14.8. The number of sulfonamides is 1. The van der Waals surface area contributed by atoms with Crippen LogP contribution in [0.2, 0.25) is 0 Å². The minimum atomic E-state index is -3.87. The standard InChI is InChI=1S/C22H28N4O4S/c1-29-11-7-25-31(27,28)22(17-23)15-18-2-3-20-16-21(5-4-19(20)14-18)24-6-8-26-9-12-30-13-10-26/h2-5,14-16,24-25H,6-13H2,1H3/b22-15+. The van der Waals surface area contributed by atoms with E-state index < -0.39 is 10.0 Å². The molecule has 9 heteroatoms. The Morgan fingerprint density at radius 3 is 2.68 bits per heavy atom. The Morgan fingerprint density at radius 1 is 1.19 bits per heavy atom. The van der Waals surface area contributed by atoms with Crippen LogP contribution in [0.4, 0.5) is 5.69 Å². The molecule has 1 saturated heterocycles. The number of hydrogen-bond acceptors (Lipinski definition) is 7. The van der Waals surface area contributed by atoms with Crippen molar-refractivity contribution in [2.24, 2.45) is 0 Å². The van der Waals surface area contributed by atoms with Gasteiger partial charge >= 0.3 is 0 Å². The van der Waals surface area contributed by atoms with Gasteiger partial charge in [0.1, 0.15) is 6.07 Å². The van der Waals surface area contributed by atoms with Crippen LogP contribution < -0.4 is 10.0 Å². The van der Waals surface area contributed by atoms with Crippen molar-refractivity contribution in [1.29, 1.82) is 5.26 Å². The fourth-order valence-corrected chi connectivity index (χ4v) is 4.24. The molecule has 3 rings (SSSR count). The highest BCUT2D eigenvalue weighted by Gasteiger charge is 2.17. The first-order chi connectivity index (χ1) is 15.0. The monoisotopic (exact) mass is 444 g/mol. The lowest BCUT2D eigenvalue weighted by molar-refractivity contribution is 0.0398. The van der Waals surface area contributed by atoms with Gasteiger partial charge in [-0.3, -0.25) is 4.90 Å². The van der Waals surface area contributed by atoms with Crippen molar-refractivity contribution in [3.05, 3.63) is 46.9 Å². The van der Waals surface area contributed by atoms with Gasteiger partial charge in [-0.25, -0.2) is 13.1 Å². The van der Waals surface area contributed by atoms with Gasteiger partial charge in [0, 0.05) is 45.5 Å². The summed E-state index contributed by atoms with van der Waals surface area (Å²) in [6.07, 6.45) is 1.38. The van der Waals surface area contributed by atoms with Crippen molar-refractivity contribution in [2.75, 3.05) is 65.0 Å². The van der Waals surface area contributed by atoms with Crippen LogP contribution in [0.1, 0.15) is 5.56 Å². The zero-order valence-corrected chi connectivity index (χ0v) is 18.5. The summed E-state index contributed by atoms with van der Waals surface area (Å²) >= 11 is 0. The van der Waals surface area contributed by atoms with Gasteiger partial charge in [-0.05, 0) is 40.6 Å². The van der Waals surface area contributed by atoms with Crippen molar-refractivity contribution in [2.45, 2.75) is 0 Å². The van der Waals surface area contributed by atoms with Crippen LogP contribution in [0, 0.1) is 11.3 Å². The zero-order valence-electron chi connectivity index (χ0n) is 17.6. The molecule has 0 saturated carbocycles. The van der Waals surface area contributed by atoms with Gasteiger partial charge < -0.3 is 14.8 Å². The van der Waals surface area contributed by atoms with Gasteiger partial charge in [0.15, 0.2) is 4.91 Å². The number of methoxy groups -OCH3 is 1. The minimum absolute atomic E-state index is 0.108. The molecule has 0 aliphatic carbocycles. The summed E-state index contributed by atoms with van der Waals surface area (Å²) in [6, 6.07) is 13.4. The van der Waals surface area contributed by atoms with Crippen LogP contribution in [0.25, 0.3) is 16.8 Å². The molecule has 8 nitrogen and oxygen atoms in total. The molecule has 2 aromatic rings. The van der Waals surface area contributed by atoms with Gasteiger partial charge in [-0.1, -0.05) is 18.2 Å². The third kappa shape index (κ3) is 6.75. The SMILES string of the molecule is COCCNS(=O)(=O)/C(C#N)=C/c1ccc2cc(NCCN3CCOCC3)ccc2c1. The molecule has 2 aromatic carbocycles. The third-order valence-corrected chi connectivity index (χ3v) is 6.39. The number of rotatable bonds is 10. The van der Waals surface area contributed by atoms with E-state index in [4.69, 9.17) is 9.47 Å². The summed E-state index contributed by atoms with van der Waals surface area (Å²) < 4.78 is 37.1. The molecule has 0 aromatic heterocycles. The quantitative estimate of drug-likeness (QED) is 0.427. The number of nitrogens with one attached hydrogen (secondary N) is 2. The molecule has 0 spiro atoms. The summed E-state index contributed by atoms with van der Waals surface area (Å²) in [5.41, 5.74) is 1.68. The van der Waals surface area contributed by atoms with E-state index in [0.29, 0.717) is 5.56 Å². The topological polar surface area (TPSA) is 104 Å². The van der Waals surface area contributed by atoms with E-state index in [-0.39, 0.29) is 18.1 Å². The second kappa shape index (κ2) is 11.2. The van der Waals surface area contributed by atoms with Gasteiger partial charge in [0.05, 0.1) is 19.8 Å². The van der Waals surface area contributed by atoms with Crippen molar-refractivity contribution < 1.29 is 17.9 Å². The van der Waals surface area contributed by atoms with Crippen molar-refractivity contribution >= 4 is 32.6 Å². The van der Waals surface area contributed by atoms with E-state index in [2.05, 4.69) is 21.0 Å². The van der Waals surface area contributed by atoms with Gasteiger partial charge in [-0.15, -0.1) is 0 Å². The Morgan fingerprint density at radius 2 is 1.94 bits per heavy atom. The van der Waals surface area contributed by atoms with E-state index in [1.807, 2.05) is 30.3 Å². The Balaban J connectivity index is 1.67. The summed E-state index contributed by atoms with van der Waals surface area (Å²) in [5.74, 6) is 0. The lowest BCUT2D eigenvalue weighted by atomic mass is 10.1. The normalized spacial score (nSPS) is 15.7. The van der Waals surface area contributed by atoms with Crippen LogP contribution in [0.3, 0.4) is 0 Å². The van der Waals surface area contributed by atoms with Crippen LogP contribution >= 0.6 is 0 Å². The molecule has 0 bridgehead atoms. The van der Waals surface area contributed by atoms with E-state index in [1.54, 1.807) is 6.07 Å². The molecular formula is C22H28N4O4S. The van der Waals surface area contributed by atoms with Crippen molar-refractivity contribution in [3.8, 4) is 6.07 Å². The zero-order chi connectivity index (χ0) is 22.1. The number of anilines is 1. The molecule has 0 amide bonds. The summed E-state index contributed by atoms with van der Waals surface area (Å²) in [7, 11) is -2.39. The molecule has 0 atom stereocenters. The first-order valence-corrected chi connectivity index (χ1v) is 11.7. The lowest BCUT2D eigenvalue weighted by Crippen LogP contribution is -2.38. The van der Waals surface area contributed by atoms with Crippen LogP contribution in [0.15, 0.2) is 41.3 Å². The van der Waals surface area contributed by atoms with Gasteiger partial charge in [0.25, 0.3) is 10.0 Å². The minimum Gasteiger partial charge on any atom is -0.384 e. The fraction of sp³-hybridized carbons (Fsp3) is 0.409. The lowest BCUT2D eigenvalue weighted by Gasteiger charge is -2.26. The number of morpholine rings is 1. The highest BCUT2D eigenvalue weighted by Crippen LogP contribution is 2.22. The first kappa shape index (κ1) is 23.2. The molecule has 1 fully saturated rings. The highest BCUT2D eigenvalue weighted by atomic mass is 32.2. The van der Waals surface area contributed by atoms with Gasteiger partial charge in [-0.2, -0.15) is 5.26 Å². The van der Waals surface area contributed by atoms with Gasteiger partial charge in [0.2, 0.25) is 0 Å². The Bertz CT molecular complexity index is 1060. The number of fused-ring (bicyclic) bond motifs is 1. The largest absolute Gasteiger partial charge is 0.384 e. The number of hydrogen-bond donors (Lipinski definition) is 2. The number of allylic oxidation sites excluding steroid dienone is 1. The molecule has 31 heavy (non-hydrogen) atoms. The summed E-state index contributed by atoms with van der Waals surface area (Å²) in [6.45, 7) is 5.69. The maximum atomic E-state index is 12.3. The number of nitriles is 1. The molecule has 1 aliphatic rings. The van der Waals surface area contributed by atoms with E-state index >= 15 is 0 Å². The van der Waals surface area contributed by atoms with E-state index in [0.717, 1.165) is 55.9 Å². The predicted molar refractivity (Wildman–Crippen MR) is 122 cm³/mol. The van der Waals surface area contributed by atoms with Crippen LogP contribution in [-0.4, -0.2) is 73.0 Å². The predicted octanol–water partition coefficient (Wildman–Crippen LogP) is 2.01. The highest BCUT2D eigenvalue weighted by molar-refractivity contribution is 7.93. The molecule has 0 radical (unpaired) electrons. The van der Waals surface area contributed by atoms with Crippen molar-refractivity contribution in [3.63, 3.8) is 0 Å². The van der Waals surface area contributed by atoms with Crippen molar-refractivity contribution in [1.82, 2.24) is 9.62 Å². The Labute approximate surface area is 183 Å². The number of nitrogens with zero attached hydrogens (tertiary/aromatic N) is 2. The molecular weight excluding hydrogens is 416 g/mol. The second-order valence-electron chi connectivity index (χ2n) is 7.21. The molecule has 0 unspecified atom stereocenters. The third-order valence-electron chi connectivity index (χ3n) is 5.02. The maximum absolute atomic E-state index is 12.3. The Kier molecular flexibility index (Phi) is 8.40. The Hall–Kier alpha value is -2.48. The second-order valence-corrected chi connectivity index (χ2v) is 8.95. The van der Waals surface area contributed by atoms with Crippen LogP contribution in [0.5, 0.6) is 0 Å². The molecule has 1 aliphatic heterocycles. The fourth-order valence-electron chi connectivity index (χ4n) is 3.32. The average molecular weight is 445 g/mol. The molecule has 1 heterocycles. The number of ether oxygens (including phenoxy) is 2. The smallest absolute Gasteiger partial charge is 0.250 e. The summed E-state index contributed by atoms with van der Waals surface area (Å²) in [4.78, 5) is 2.05. The molecule has 166 valence electrons. The van der Waals surface area contributed by atoms with E-state index in [1.165, 1.54) is 13.2 Å². The number of benzene rings is 2. The van der Waals surface area contributed by atoms with E-state index in [9.17, 15) is 13.7 Å². The average Bonchev–Trinajstić information content (AvgIpc) is 2.78. The maximum Gasteiger partial charge on any atom is 0.250 e. The van der Waals surface area contributed by atoms with Crippen LogP contribution in [-0.2, 0) is 19.5 Å².